The van der Waals surface area contributed by atoms with E-state index in [1.54, 1.807) is 0 Å². The minimum Gasteiger partial charge on any atom is -0.392 e. The number of nitrogens with zero attached hydrogens (tertiary/aromatic N) is 1. The van der Waals surface area contributed by atoms with Crippen LogP contribution >= 0.6 is 11.6 Å². The molecule has 0 aromatic heterocycles. The maximum atomic E-state index is 9.60. The van der Waals surface area contributed by atoms with E-state index in [2.05, 4.69) is 17.0 Å². The van der Waals surface area contributed by atoms with Crippen molar-refractivity contribution in [2.75, 3.05) is 13.1 Å². The fourth-order valence-electron chi connectivity index (χ4n) is 2.07. The number of rotatable bonds is 2. The smallest absolute Gasteiger partial charge is 0.0681 e. The first kappa shape index (κ1) is 10.9. The summed E-state index contributed by atoms with van der Waals surface area (Å²) >= 11 is 6.07. The zero-order valence-corrected chi connectivity index (χ0v) is 9.40. The summed E-state index contributed by atoms with van der Waals surface area (Å²) in [6.45, 7) is 2.48. The lowest BCUT2D eigenvalue weighted by Crippen LogP contribution is -2.43. The van der Waals surface area contributed by atoms with Crippen LogP contribution in [0.5, 0.6) is 0 Å². The Hall–Kier alpha value is -0.570. The number of piperidine rings is 1. The minimum atomic E-state index is -0.273. The lowest BCUT2D eigenvalue weighted by Gasteiger charge is -2.32. The number of alkyl halides is 1. The highest BCUT2D eigenvalue weighted by Gasteiger charge is 2.24. The van der Waals surface area contributed by atoms with Crippen molar-refractivity contribution in [3.05, 3.63) is 35.9 Å². The maximum Gasteiger partial charge on any atom is 0.0681 e. The van der Waals surface area contributed by atoms with Gasteiger partial charge in [-0.3, -0.25) is 4.90 Å². The van der Waals surface area contributed by atoms with Crippen molar-refractivity contribution >= 4 is 11.6 Å². The average molecular weight is 226 g/mol. The van der Waals surface area contributed by atoms with Gasteiger partial charge in [-0.2, -0.15) is 0 Å². The maximum absolute atomic E-state index is 9.60. The number of aliphatic hydroxyl groups is 1. The first-order chi connectivity index (χ1) is 7.24. The Morgan fingerprint density at radius 1 is 1.27 bits per heavy atom. The van der Waals surface area contributed by atoms with Crippen LogP contribution in [-0.4, -0.2) is 34.6 Å². The van der Waals surface area contributed by atoms with Gasteiger partial charge in [0.05, 0.1) is 6.10 Å². The third-order valence-corrected chi connectivity index (χ3v) is 3.02. The number of likely N-dealkylation sites (tertiary alicyclic amines) is 1. The molecule has 1 aromatic rings. The van der Waals surface area contributed by atoms with Gasteiger partial charge >= 0.3 is 0 Å². The summed E-state index contributed by atoms with van der Waals surface area (Å²) in [4.78, 5) is 2.21. The number of halogens is 1. The van der Waals surface area contributed by atoms with Gasteiger partial charge in [0.1, 0.15) is 0 Å². The van der Waals surface area contributed by atoms with Crippen molar-refractivity contribution in [2.45, 2.75) is 24.4 Å². The minimum absolute atomic E-state index is 0.0810. The lowest BCUT2D eigenvalue weighted by atomic mass is 10.1. The summed E-state index contributed by atoms with van der Waals surface area (Å²) in [5.41, 5.74) is 1.27. The highest BCUT2D eigenvalue weighted by atomic mass is 35.5. The zero-order chi connectivity index (χ0) is 10.7. The summed E-state index contributed by atoms with van der Waals surface area (Å²) in [6, 6.07) is 10.3. The van der Waals surface area contributed by atoms with E-state index in [9.17, 15) is 5.11 Å². The Labute approximate surface area is 95.5 Å². The van der Waals surface area contributed by atoms with Gasteiger partial charge in [0.15, 0.2) is 0 Å². The van der Waals surface area contributed by atoms with Crippen molar-refractivity contribution in [1.29, 1.82) is 0 Å². The second-order valence-corrected chi connectivity index (χ2v) is 4.78. The van der Waals surface area contributed by atoms with Crippen LogP contribution < -0.4 is 0 Å². The molecule has 2 atom stereocenters. The highest BCUT2D eigenvalue weighted by molar-refractivity contribution is 6.20. The molecule has 1 aliphatic heterocycles. The Morgan fingerprint density at radius 2 is 2.00 bits per heavy atom. The Bertz CT molecular complexity index is 294. The summed E-state index contributed by atoms with van der Waals surface area (Å²) in [5.74, 6) is 0. The quantitative estimate of drug-likeness (QED) is 0.777. The summed E-state index contributed by atoms with van der Waals surface area (Å²) < 4.78 is 0. The molecule has 0 bridgehead atoms. The van der Waals surface area contributed by atoms with E-state index in [4.69, 9.17) is 11.6 Å². The van der Waals surface area contributed by atoms with Gasteiger partial charge in [0, 0.05) is 25.0 Å². The first-order valence-corrected chi connectivity index (χ1v) is 5.76. The van der Waals surface area contributed by atoms with Crippen LogP contribution in [0.3, 0.4) is 0 Å². The van der Waals surface area contributed by atoms with Crippen LogP contribution in [0.25, 0.3) is 0 Å². The second kappa shape index (κ2) is 4.97. The van der Waals surface area contributed by atoms with E-state index in [-0.39, 0.29) is 11.5 Å². The van der Waals surface area contributed by atoms with Crippen LogP contribution in [0.2, 0.25) is 0 Å². The van der Waals surface area contributed by atoms with Gasteiger partial charge in [-0.05, 0) is 12.0 Å². The van der Waals surface area contributed by atoms with E-state index in [0.29, 0.717) is 6.42 Å². The molecule has 2 nitrogen and oxygen atoms in total. The van der Waals surface area contributed by atoms with Gasteiger partial charge in [-0.1, -0.05) is 30.3 Å². The third kappa shape index (κ3) is 3.20. The summed E-state index contributed by atoms with van der Waals surface area (Å²) in [6.07, 6.45) is 0.442. The standard InChI is InChI=1S/C12H16ClNO/c13-11-6-12(15)9-14(8-11)7-10-4-2-1-3-5-10/h1-5,11-12,15H,6-9H2. The molecule has 1 aliphatic rings. The molecule has 0 saturated carbocycles. The zero-order valence-electron chi connectivity index (χ0n) is 8.64. The first-order valence-electron chi connectivity index (χ1n) is 5.32. The molecule has 1 N–H and O–H groups in total. The fraction of sp³-hybridized carbons (Fsp3) is 0.500. The molecule has 1 fully saturated rings. The summed E-state index contributed by atoms with van der Waals surface area (Å²) in [5, 5.41) is 9.68. The van der Waals surface area contributed by atoms with Crippen LogP contribution in [0.1, 0.15) is 12.0 Å². The molecule has 0 aliphatic carbocycles. The van der Waals surface area contributed by atoms with E-state index in [1.165, 1.54) is 5.56 Å². The van der Waals surface area contributed by atoms with Gasteiger partial charge in [0.25, 0.3) is 0 Å². The lowest BCUT2D eigenvalue weighted by molar-refractivity contribution is 0.0691. The predicted molar refractivity (Wildman–Crippen MR) is 62.0 cm³/mol. The molecule has 0 spiro atoms. The van der Waals surface area contributed by atoms with E-state index >= 15 is 0 Å². The number of benzene rings is 1. The topological polar surface area (TPSA) is 23.5 Å². The molecule has 0 radical (unpaired) electrons. The van der Waals surface area contributed by atoms with Crippen LogP contribution in [0, 0.1) is 0 Å². The SMILES string of the molecule is OC1CC(Cl)CN(Cc2ccccc2)C1. The van der Waals surface area contributed by atoms with Gasteiger partial charge in [0.2, 0.25) is 0 Å². The van der Waals surface area contributed by atoms with Crippen molar-refractivity contribution in [2.24, 2.45) is 0 Å². The van der Waals surface area contributed by atoms with Gasteiger partial charge in [-0.25, -0.2) is 0 Å². The Balaban J connectivity index is 1.94. The number of β-amino-alcohol motifs (C(OH)–C–C–N with tert-alkyl or cyclic N) is 1. The molecule has 1 saturated heterocycles. The molecule has 15 heavy (non-hydrogen) atoms. The molecule has 1 heterocycles. The van der Waals surface area contributed by atoms with Crippen molar-refractivity contribution in [1.82, 2.24) is 4.90 Å². The molecule has 1 aromatic carbocycles. The number of hydrogen-bond donors (Lipinski definition) is 1. The molecular formula is C12H16ClNO. The van der Waals surface area contributed by atoms with Crippen molar-refractivity contribution in [3.63, 3.8) is 0 Å². The average Bonchev–Trinajstić information content (AvgIpc) is 2.17. The number of aliphatic hydroxyl groups excluding tert-OH is 1. The molecule has 2 rings (SSSR count). The van der Waals surface area contributed by atoms with Crippen molar-refractivity contribution in [3.8, 4) is 0 Å². The van der Waals surface area contributed by atoms with E-state index < -0.39 is 0 Å². The highest BCUT2D eigenvalue weighted by Crippen LogP contribution is 2.17. The summed E-state index contributed by atoms with van der Waals surface area (Å²) in [7, 11) is 0. The molecular weight excluding hydrogens is 210 g/mol. The monoisotopic (exact) mass is 225 g/mol. The second-order valence-electron chi connectivity index (χ2n) is 4.17. The van der Waals surface area contributed by atoms with Gasteiger partial charge < -0.3 is 5.11 Å². The molecule has 0 amide bonds. The van der Waals surface area contributed by atoms with Crippen molar-refractivity contribution < 1.29 is 5.11 Å². The Morgan fingerprint density at radius 3 is 2.67 bits per heavy atom. The predicted octanol–water partition coefficient (Wildman–Crippen LogP) is 1.86. The Kier molecular flexibility index (Phi) is 3.62. The van der Waals surface area contributed by atoms with E-state index in [0.717, 1.165) is 19.6 Å². The normalized spacial score (nSPS) is 27.9. The number of hydrogen-bond acceptors (Lipinski definition) is 2. The van der Waals surface area contributed by atoms with E-state index in [1.807, 2.05) is 18.2 Å². The van der Waals surface area contributed by atoms with Gasteiger partial charge in [-0.15, -0.1) is 11.6 Å². The third-order valence-electron chi connectivity index (χ3n) is 2.70. The van der Waals surface area contributed by atoms with Crippen LogP contribution in [0.15, 0.2) is 30.3 Å². The largest absolute Gasteiger partial charge is 0.392 e. The molecule has 3 heteroatoms. The van der Waals surface area contributed by atoms with Crippen LogP contribution in [0.4, 0.5) is 0 Å². The van der Waals surface area contributed by atoms with Crippen LogP contribution in [-0.2, 0) is 6.54 Å². The fourth-order valence-corrected chi connectivity index (χ4v) is 2.47. The molecule has 82 valence electrons. The molecule has 2 unspecified atom stereocenters.